The molecule has 4 atom stereocenters. The van der Waals surface area contributed by atoms with Crippen molar-refractivity contribution in [2.45, 2.75) is 64.5 Å². The van der Waals surface area contributed by atoms with Crippen molar-refractivity contribution in [2.24, 2.45) is 22.2 Å². The molecule has 0 aromatic heterocycles. The Labute approximate surface area is 159 Å². The Morgan fingerprint density at radius 2 is 1.92 bits per heavy atom. The first-order valence-corrected chi connectivity index (χ1v) is 10.9. The molecule has 3 saturated heterocycles. The fraction of sp³-hybridized carbons (Fsp3) is 0.952. The van der Waals surface area contributed by atoms with Crippen LogP contribution in [0.15, 0.2) is 4.99 Å². The van der Waals surface area contributed by atoms with E-state index in [0.717, 1.165) is 31.6 Å². The summed E-state index contributed by atoms with van der Waals surface area (Å²) in [4.78, 5) is 9.84. The molecule has 4 aliphatic rings. The lowest BCUT2D eigenvalue weighted by molar-refractivity contribution is -0.188. The highest BCUT2D eigenvalue weighted by Crippen LogP contribution is 2.51. The number of rotatable bonds is 3. The lowest BCUT2D eigenvalue weighted by Gasteiger charge is -2.60. The van der Waals surface area contributed by atoms with Crippen molar-refractivity contribution in [3.63, 3.8) is 0 Å². The second-order valence-corrected chi connectivity index (χ2v) is 9.55. The van der Waals surface area contributed by atoms with Crippen LogP contribution in [0.1, 0.15) is 52.4 Å². The monoisotopic (exact) mass is 362 g/mol. The Balaban J connectivity index is 1.32. The number of ether oxygens (including phenoxy) is 1. The van der Waals surface area contributed by atoms with Crippen LogP contribution < -0.4 is 5.32 Å². The molecule has 5 nitrogen and oxygen atoms in total. The van der Waals surface area contributed by atoms with E-state index >= 15 is 0 Å². The highest BCUT2D eigenvalue weighted by molar-refractivity contribution is 5.80. The number of nitrogens with one attached hydrogen (secondary N) is 1. The fourth-order valence-corrected chi connectivity index (χ4v) is 5.93. The summed E-state index contributed by atoms with van der Waals surface area (Å²) in [6, 6.07) is 0.493. The quantitative estimate of drug-likeness (QED) is 0.619. The number of hydrogen-bond donors (Lipinski definition) is 1. The summed E-state index contributed by atoms with van der Waals surface area (Å²) in [5, 5.41) is 3.84. The maximum absolute atomic E-state index is 6.07. The normalized spacial score (nSPS) is 38.0. The van der Waals surface area contributed by atoms with Crippen LogP contribution in [0.25, 0.3) is 0 Å². The van der Waals surface area contributed by atoms with E-state index in [-0.39, 0.29) is 5.41 Å². The molecule has 1 aliphatic carbocycles. The lowest BCUT2D eigenvalue weighted by Crippen LogP contribution is -2.71. The highest BCUT2D eigenvalue weighted by atomic mass is 16.5. The molecule has 0 aromatic rings. The predicted octanol–water partition coefficient (Wildman–Crippen LogP) is 2.57. The van der Waals surface area contributed by atoms with E-state index in [0.29, 0.717) is 18.1 Å². The molecule has 0 amide bonds. The molecule has 0 spiro atoms. The first-order chi connectivity index (χ1) is 12.6. The molecule has 0 radical (unpaired) electrons. The first-order valence-electron chi connectivity index (χ1n) is 10.9. The Bertz CT molecular complexity index is 514. The van der Waals surface area contributed by atoms with E-state index in [2.05, 4.69) is 34.0 Å². The lowest BCUT2D eigenvalue weighted by atomic mass is 9.55. The van der Waals surface area contributed by atoms with E-state index in [9.17, 15) is 0 Å². The first kappa shape index (κ1) is 18.5. The summed E-state index contributed by atoms with van der Waals surface area (Å²) in [6.07, 6.45) is 8.43. The van der Waals surface area contributed by atoms with Gasteiger partial charge in [-0.1, -0.05) is 20.3 Å². The van der Waals surface area contributed by atoms with Gasteiger partial charge in [-0.3, -0.25) is 4.99 Å². The molecule has 4 rings (SSSR count). The Kier molecular flexibility index (Phi) is 5.47. The molecule has 4 unspecified atom stereocenters. The second kappa shape index (κ2) is 7.67. The van der Waals surface area contributed by atoms with Gasteiger partial charge in [0.15, 0.2) is 5.96 Å². The van der Waals surface area contributed by atoms with Crippen molar-refractivity contribution in [3.8, 4) is 0 Å². The van der Waals surface area contributed by atoms with Crippen LogP contribution >= 0.6 is 0 Å². The zero-order chi connectivity index (χ0) is 18.1. The number of guanidine groups is 1. The fourth-order valence-electron chi connectivity index (χ4n) is 5.93. The van der Waals surface area contributed by atoms with Gasteiger partial charge in [-0.25, -0.2) is 0 Å². The van der Waals surface area contributed by atoms with Crippen LogP contribution in [0.5, 0.6) is 0 Å². The van der Waals surface area contributed by atoms with Gasteiger partial charge in [-0.15, -0.1) is 0 Å². The summed E-state index contributed by atoms with van der Waals surface area (Å²) < 4.78 is 6.07. The molecule has 3 aliphatic heterocycles. The van der Waals surface area contributed by atoms with Crippen LogP contribution in [-0.2, 0) is 4.74 Å². The molecule has 5 heteroatoms. The number of fused-ring (bicyclic) bond motifs is 1. The van der Waals surface area contributed by atoms with Crippen LogP contribution in [0.2, 0.25) is 0 Å². The highest BCUT2D eigenvalue weighted by Gasteiger charge is 2.58. The van der Waals surface area contributed by atoms with Gasteiger partial charge in [0, 0.05) is 50.7 Å². The zero-order valence-corrected chi connectivity index (χ0v) is 17.0. The predicted molar refractivity (Wildman–Crippen MR) is 106 cm³/mol. The van der Waals surface area contributed by atoms with Crippen molar-refractivity contribution in [1.82, 2.24) is 15.1 Å². The van der Waals surface area contributed by atoms with E-state index < -0.39 is 0 Å². The summed E-state index contributed by atoms with van der Waals surface area (Å²) >= 11 is 0. The summed E-state index contributed by atoms with van der Waals surface area (Å²) in [5.41, 5.74) is 0.202. The molecule has 3 heterocycles. The van der Waals surface area contributed by atoms with Crippen molar-refractivity contribution in [3.05, 3.63) is 0 Å². The number of hydrogen-bond acceptors (Lipinski definition) is 3. The zero-order valence-electron chi connectivity index (χ0n) is 17.0. The van der Waals surface area contributed by atoms with Gasteiger partial charge in [-0.05, 0) is 51.1 Å². The number of likely N-dealkylation sites (tertiary alicyclic amines) is 2. The van der Waals surface area contributed by atoms with Crippen LogP contribution in [-0.4, -0.2) is 74.3 Å². The third kappa shape index (κ3) is 3.49. The topological polar surface area (TPSA) is 40.1 Å². The number of nitrogens with zero attached hydrogens (tertiary/aromatic N) is 3. The standard InChI is InChI=1S/C21H38N4O/c1-21(2)18(17-8-7-13-26-19(17)21)23-20(22-3)25-12-9-16(15-25)14-24-10-5-4-6-11-24/h16-19H,4-15H2,1-3H3,(H,22,23). The average Bonchev–Trinajstić information content (AvgIpc) is 3.11. The molecular formula is C21H38N4O. The third-order valence-corrected chi connectivity index (χ3v) is 7.38. The van der Waals surface area contributed by atoms with E-state index in [1.807, 2.05) is 7.05 Å². The molecule has 0 aromatic carbocycles. The third-order valence-electron chi connectivity index (χ3n) is 7.38. The van der Waals surface area contributed by atoms with E-state index in [4.69, 9.17) is 4.74 Å². The minimum atomic E-state index is 0.202. The largest absolute Gasteiger partial charge is 0.377 e. The van der Waals surface area contributed by atoms with E-state index in [1.165, 1.54) is 58.2 Å². The minimum absolute atomic E-state index is 0.202. The average molecular weight is 363 g/mol. The Hall–Kier alpha value is -0.810. The smallest absolute Gasteiger partial charge is 0.193 e. The van der Waals surface area contributed by atoms with Crippen molar-refractivity contribution >= 4 is 5.96 Å². The van der Waals surface area contributed by atoms with Crippen molar-refractivity contribution < 1.29 is 4.74 Å². The Morgan fingerprint density at radius 1 is 1.12 bits per heavy atom. The maximum Gasteiger partial charge on any atom is 0.193 e. The molecule has 148 valence electrons. The summed E-state index contributed by atoms with van der Waals surface area (Å²) in [7, 11) is 1.95. The van der Waals surface area contributed by atoms with Gasteiger partial charge < -0.3 is 19.9 Å². The van der Waals surface area contributed by atoms with Gasteiger partial charge in [0.1, 0.15) is 0 Å². The van der Waals surface area contributed by atoms with Gasteiger partial charge in [0.25, 0.3) is 0 Å². The molecule has 0 bridgehead atoms. The van der Waals surface area contributed by atoms with Gasteiger partial charge in [-0.2, -0.15) is 0 Å². The number of aliphatic imine (C=N–C) groups is 1. The van der Waals surface area contributed by atoms with Gasteiger partial charge in [0.05, 0.1) is 6.10 Å². The number of piperidine rings is 1. The van der Waals surface area contributed by atoms with Crippen LogP contribution in [0.3, 0.4) is 0 Å². The molecule has 1 N–H and O–H groups in total. The molecule has 26 heavy (non-hydrogen) atoms. The minimum Gasteiger partial charge on any atom is -0.377 e. The van der Waals surface area contributed by atoms with Gasteiger partial charge >= 0.3 is 0 Å². The molecule has 4 fully saturated rings. The Morgan fingerprint density at radius 3 is 2.69 bits per heavy atom. The summed E-state index contributed by atoms with van der Waals surface area (Å²) in [5.74, 6) is 2.57. The molecular weight excluding hydrogens is 324 g/mol. The van der Waals surface area contributed by atoms with Crippen molar-refractivity contribution in [1.29, 1.82) is 0 Å². The summed E-state index contributed by atoms with van der Waals surface area (Å²) in [6.45, 7) is 11.9. The molecule has 1 saturated carbocycles. The van der Waals surface area contributed by atoms with Crippen LogP contribution in [0.4, 0.5) is 0 Å². The maximum atomic E-state index is 6.07. The van der Waals surface area contributed by atoms with Gasteiger partial charge in [0.2, 0.25) is 0 Å². The van der Waals surface area contributed by atoms with Crippen molar-refractivity contribution in [2.75, 3.05) is 46.4 Å². The van der Waals surface area contributed by atoms with E-state index in [1.54, 1.807) is 0 Å². The second-order valence-electron chi connectivity index (χ2n) is 9.55. The SMILES string of the molecule is CN=C(NC1C2CCCOC2C1(C)C)N1CCC(CN2CCCCC2)C1. The van der Waals surface area contributed by atoms with Crippen LogP contribution in [0, 0.1) is 17.3 Å².